The summed E-state index contributed by atoms with van der Waals surface area (Å²) in [5, 5.41) is 2.95. The second kappa shape index (κ2) is 5.30. The van der Waals surface area contributed by atoms with Gasteiger partial charge in [-0.1, -0.05) is 0 Å². The Balaban J connectivity index is 2.72. The van der Waals surface area contributed by atoms with Crippen molar-refractivity contribution in [2.45, 2.75) is 32.7 Å². The van der Waals surface area contributed by atoms with E-state index in [1.54, 1.807) is 18.3 Å². The molecule has 0 aliphatic rings. The predicted molar refractivity (Wildman–Crippen MR) is 65.9 cm³/mol. The molecule has 0 saturated carbocycles. The van der Waals surface area contributed by atoms with Gasteiger partial charge in [0.2, 0.25) is 0 Å². The van der Waals surface area contributed by atoms with Crippen LogP contribution in [-0.4, -0.2) is 22.3 Å². The lowest BCUT2D eigenvalue weighted by molar-refractivity contribution is 0.0911. The first-order valence-electron chi connectivity index (χ1n) is 5.26. The number of nitrogens with one attached hydrogen (secondary N) is 1. The lowest BCUT2D eigenvalue weighted by atomic mass is 10.0. The van der Waals surface area contributed by atoms with E-state index in [1.807, 2.05) is 20.8 Å². The Labute approximate surface area is 101 Å². The average Bonchev–Trinajstić information content (AvgIpc) is 2.16. The number of hydrogen-bond acceptors (Lipinski definition) is 2. The largest absolute Gasteiger partial charge is 0.347 e. The molecule has 0 saturated heterocycles. The molecule has 1 N–H and O–H groups in total. The number of alkyl halides is 1. The molecule has 1 heterocycles. The molecule has 1 aromatic heterocycles. The number of nitrogens with zero attached hydrogens (tertiary/aromatic N) is 1. The first-order valence-corrected chi connectivity index (χ1v) is 5.79. The van der Waals surface area contributed by atoms with Crippen molar-refractivity contribution in [1.29, 1.82) is 0 Å². The van der Waals surface area contributed by atoms with Gasteiger partial charge in [0.1, 0.15) is 0 Å². The fraction of sp³-hybridized carbons (Fsp3) is 0.500. The highest BCUT2D eigenvalue weighted by Crippen LogP contribution is 2.11. The molecular weight excluding hydrogens is 224 g/mol. The Bertz CT molecular complexity index is 377. The van der Waals surface area contributed by atoms with Crippen LogP contribution in [0.1, 0.15) is 36.3 Å². The van der Waals surface area contributed by atoms with Crippen molar-refractivity contribution in [3.63, 3.8) is 0 Å². The number of amides is 1. The molecule has 0 aliphatic heterocycles. The van der Waals surface area contributed by atoms with Gasteiger partial charge in [-0.3, -0.25) is 9.78 Å². The number of aryl methyl sites for hydroxylation is 1. The molecule has 0 fully saturated rings. The minimum atomic E-state index is -0.282. The van der Waals surface area contributed by atoms with Crippen molar-refractivity contribution < 1.29 is 4.79 Å². The van der Waals surface area contributed by atoms with Gasteiger partial charge in [0.05, 0.1) is 0 Å². The molecule has 0 unspecified atom stereocenters. The Morgan fingerprint density at radius 3 is 2.81 bits per heavy atom. The third kappa shape index (κ3) is 3.81. The van der Waals surface area contributed by atoms with Gasteiger partial charge in [-0.2, -0.15) is 0 Å². The maximum atomic E-state index is 11.9. The van der Waals surface area contributed by atoms with Gasteiger partial charge in [-0.15, -0.1) is 11.6 Å². The molecule has 88 valence electrons. The predicted octanol–water partition coefficient (Wildman–Crippen LogP) is 2.53. The number of carbonyl (C=O) groups is 1. The quantitative estimate of drug-likeness (QED) is 0.822. The summed E-state index contributed by atoms with van der Waals surface area (Å²) in [7, 11) is 0. The summed E-state index contributed by atoms with van der Waals surface area (Å²) in [6, 6.07) is 3.48. The summed E-state index contributed by atoms with van der Waals surface area (Å²) in [4.78, 5) is 16.0. The van der Waals surface area contributed by atoms with Gasteiger partial charge >= 0.3 is 0 Å². The third-order valence-electron chi connectivity index (χ3n) is 2.33. The van der Waals surface area contributed by atoms with E-state index < -0.39 is 0 Å². The molecule has 1 aromatic rings. The monoisotopic (exact) mass is 240 g/mol. The second-order valence-corrected chi connectivity index (χ2v) is 4.84. The van der Waals surface area contributed by atoms with Gasteiger partial charge in [0.25, 0.3) is 5.91 Å². The van der Waals surface area contributed by atoms with Gasteiger partial charge in [0, 0.05) is 28.9 Å². The molecule has 1 rings (SSSR count). The van der Waals surface area contributed by atoms with Crippen molar-refractivity contribution in [1.82, 2.24) is 10.3 Å². The summed E-state index contributed by atoms with van der Waals surface area (Å²) < 4.78 is 0. The summed E-state index contributed by atoms with van der Waals surface area (Å²) >= 11 is 5.68. The molecule has 0 aliphatic carbocycles. The third-order valence-corrected chi connectivity index (χ3v) is 2.52. The van der Waals surface area contributed by atoms with Crippen LogP contribution in [0.2, 0.25) is 0 Å². The van der Waals surface area contributed by atoms with Crippen LogP contribution in [0.3, 0.4) is 0 Å². The highest BCUT2D eigenvalue weighted by atomic mass is 35.5. The fourth-order valence-electron chi connectivity index (χ4n) is 1.37. The van der Waals surface area contributed by atoms with Crippen molar-refractivity contribution in [3.8, 4) is 0 Å². The lowest BCUT2D eigenvalue weighted by Gasteiger charge is -2.25. The van der Waals surface area contributed by atoms with E-state index in [2.05, 4.69) is 10.3 Å². The van der Waals surface area contributed by atoms with E-state index in [1.165, 1.54) is 0 Å². The molecule has 0 spiro atoms. The van der Waals surface area contributed by atoms with Crippen LogP contribution >= 0.6 is 11.6 Å². The molecule has 0 radical (unpaired) electrons. The van der Waals surface area contributed by atoms with Gasteiger partial charge < -0.3 is 5.32 Å². The number of hydrogen-bond donors (Lipinski definition) is 1. The van der Waals surface area contributed by atoms with E-state index >= 15 is 0 Å². The molecule has 0 aromatic carbocycles. The zero-order valence-corrected chi connectivity index (χ0v) is 10.6. The van der Waals surface area contributed by atoms with Crippen LogP contribution in [0, 0.1) is 6.92 Å². The average molecular weight is 241 g/mol. The molecule has 3 nitrogen and oxygen atoms in total. The minimum Gasteiger partial charge on any atom is -0.347 e. The zero-order valence-electron chi connectivity index (χ0n) is 9.88. The Hall–Kier alpha value is -1.09. The standard InChI is InChI=1S/C12H17ClN2O/c1-9-8-10(4-7-14-9)11(16)15-12(2,3)5-6-13/h4,7-8H,5-6H2,1-3H3,(H,15,16). The number of pyridine rings is 1. The van der Waals surface area contributed by atoms with Crippen LogP contribution < -0.4 is 5.32 Å². The summed E-state index contributed by atoms with van der Waals surface area (Å²) in [5.74, 6) is 0.448. The number of rotatable bonds is 4. The van der Waals surface area contributed by atoms with E-state index in [9.17, 15) is 4.79 Å². The Morgan fingerprint density at radius 2 is 2.25 bits per heavy atom. The van der Waals surface area contributed by atoms with Crippen LogP contribution in [0.5, 0.6) is 0 Å². The maximum Gasteiger partial charge on any atom is 0.251 e. The molecule has 0 atom stereocenters. The summed E-state index contributed by atoms with van der Waals surface area (Å²) in [6.07, 6.45) is 2.38. The summed E-state index contributed by atoms with van der Waals surface area (Å²) in [5.41, 5.74) is 1.19. The van der Waals surface area contributed by atoms with E-state index in [0.29, 0.717) is 11.4 Å². The molecule has 1 amide bonds. The lowest BCUT2D eigenvalue weighted by Crippen LogP contribution is -2.43. The molecular formula is C12H17ClN2O. The van der Waals surface area contributed by atoms with Crippen molar-refractivity contribution in [2.75, 3.05) is 5.88 Å². The van der Waals surface area contributed by atoms with Gasteiger partial charge in [-0.25, -0.2) is 0 Å². The van der Waals surface area contributed by atoms with Crippen LogP contribution in [0.15, 0.2) is 18.3 Å². The van der Waals surface area contributed by atoms with Crippen molar-refractivity contribution in [2.24, 2.45) is 0 Å². The van der Waals surface area contributed by atoms with Crippen molar-refractivity contribution in [3.05, 3.63) is 29.6 Å². The van der Waals surface area contributed by atoms with Crippen LogP contribution in [-0.2, 0) is 0 Å². The normalized spacial score (nSPS) is 11.2. The van der Waals surface area contributed by atoms with E-state index in [-0.39, 0.29) is 11.4 Å². The highest BCUT2D eigenvalue weighted by molar-refractivity contribution is 6.17. The summed E-state index contributed by atoms with van der Waals surface area (Å²) in [6.45, 7) is 5.78. The number of aromatic nitrogens is 1. The molecule has 0 bridgehead atoms. The maximum absolute atomic E-state index is 11.9. The first kappa shape index (κ1) is 13.0. The van der Waals surface area contributed by atoms with E-state index in [4.69, 9.17) is 11.6 Å². The Morgan fingerprint density at radius 1 is 1.56 bits per heavy atom. The molecule has 4 heteroatoms. The zero-order chi connectivity index (χ0) is 12.2. The number of halogens is 1. The number of carbonyl (C=O) groups excluding carboxylic acids is 1. The van der Waals surface area contributed by atoms with Gasteiger partial charge in [0.15, 0.2) is 0 Å². The van der Waals surface area contributed by atoms with E-state index in [0.717, 1.165) is 12.1 Å². The van der Waals surface area contributed by atoms with Gasteiger partial charge in [-0.05, 0) is 39.3 Å². The van der Waals surface area contributed by atoms with Crippen LogP contribution in [0.4, 0.5) is 0 Å². The fourth-order valence-corrected chi connectivity index (χ4v) is 1.84. The van der Waals surface area contributed by atoms with Crippen molar-refractivity contribution >= 4 is 17.5 Å². The smallest absolute Gasteiger partial charge is 0.251 e. The highest BCUT2D eigenvalue weighted by Gasteiger charge is 2.20. The SMILES string of the molecule is Cc1cc(C(=O)NC(C)(C)CCCl)ccn1. The minimum absolute atomic E-state index is 0.0828. The second-order valence-electron chi connectivity index (χ2n) is 4.46. The molecule has 16 heavy (non-hydrogen) atoms. The van der Waals surface area contributed by atoms with Crippen LogP contribution in [0.25, 0.3) is 0 Å². The Kier molecular flexibility index (Phi) is 4.30. The topological polar surface area (TPSA) is 42.0 Å². The first-order chi connectivity index (χ1) is 7.44.